The Morgan fingerprint density at radius 1 is 0.444 bits per heavy atom. The molecule has 6 heteroatoms. The van der Waals surface area contributed by atoms with E-state index >= 15 is 0 Å². The zero-order chi connectivity index (χ0) is 42.7. The smallest absolute Gasteiger partial charge is 0.191 e. The average Bonchev–Trinajstić information content (AvgIpc) is 3.80. The molecule has 9 aromatic carbocycles. The molecule has 3 aromatic heterocycles. The van der Waals surface area contributed by atoms with Gasteiger partial charge in [-0.25, -0.2) is 0 Å². The summed E-state index contributed by atoms with van der Waals surface area (Å²) in [5, 5.41) is 33.6. The molecule has 0 aliphatic carbocycles. The molecule has 0 N–H and O–H groups in total. The summed E-state index contributed by atoms with van der Waals surface area (Å²) in [5.41, 5.74) is 8.78. The maximum absolute atomic E-state index is 11.9. The molecule has 0 aliphatic heterocycles. The van der Waals surface area contributed by atoms with E-state index in [-0.39, 0.29) is 27.7 Å². The normalized spacial score (nSPS) is 12.1. The maximum Gasteiger partial charge on any atom is 0.191 e. The van der Waals surface area contributed by atoms with Crippen LogP contribution in [0.4, 0.5) is 0 Å². The summed E-state index contributed by atoms with van der Waals surface area (Å²) < 4.78 is 18.8. The molecule has 63 heavy (non-hydrogen) atoms. The zero-order valence-electron chi connectivity index (χ0n) is 35.1. The minimum Gasteiger partial charge on any atom is -0.451 e. The highest BCUT2D eigenvalue weighted by Crippen LogP contribution is 2.46. The van der Waals surface area contributed by atoms with Crippen LogP contribution < -0.4 is 0 Å². The fourth-order valence-electron chi connectivity index (χ4n) is 9.93. The summed E-state index contributed by atoms with van der Waals surface area (Å²) in [6.45, 7) is 8.77. The lowest BCUT2D eigenvalue weighted by molar-refractivity contribution is 0.591. The Labute approximate surface area is 361 Å². The summed E-state index contributed by atoms with van der Waals surface area (Å²) in [6, 6.07) is 59.4. The maximum atomic E-state index is 11.9. The van der Waals surface area contributed by atoms with E-state index in [4.69, 9.17) is 8.83 Å². The van der Waals surface area contributed by atoms with E-state index in [1.807, 2.05) is 72.8 Å². The predicted molar refractivity (Wildman–Crippen MR) is 258 cm³/mol. The molecule has 3 heterocycles. The number of hydrogen-bond acceptors (Lipinski definition) is 4. The van der Waals surface area contributed by atoms with Crippen molar-refractivity contribution < 1.29 is 8.83 Å². The van der Waals surface area contributed by atoms with E-state index in [9.17, 15) is 10.5 Å². The Kier molecular flexibility index (Phi) is 7.73. The van der Waals surface area contributed by atoms with Crippen LogP contribution in [-0.4, -0.2) is 9.13 Å². The summed E-state index contributed by atoms with van der Waals surface area (Å²) in [4.78, 5) is 0. The predicted octanol–water partition coefficient (Wildman–Crippen LogP) is 15.3. The van der Waals surface area contributed by atoms with E-state index < -0.39 is 0 Å². The lowest BCUT2D eigenvalue weighted by atomic mass is 9.86. The third-order valence-corrected chi connectivity index (χ3v) is 12.9. The zero-order valence-corrected chi connectivity index (χ0v) is 35.1. The number of aromatic nitrogens is 2. The van der Waals surface area contributed by atoms with Crippen LogP contribution in [0.15, 0.2) is 167 Å². The first kappa shape index (κ1) is 36.5. The molecule has 298 valence electrons. The van der Waals surface area contributed by atoms with Crippen LogP contribution in [-0.2, 0) is 5.41 Å². The van der Waals surface area contributed by atoms with Crippen molar-refractivity contribution in [3.05, 3.63) is 180 Å². The van der Waals surface area contributed by atoms with Crippen LogP contribution in [0.3, 0.4) is 0 Å². The molecule has 12 aromatic rings. The summed E-state index contributed by atoms with van der Waals surface area (Å²) in [6.07, 6.45) is 0. The second-order valence-corrected chi connectivity index (χ2v) is 17.6. The lowest BCUT2D eigenvalue weighted by Gasteiger charge is -2.21. The molecular formula is C57H38N4O2. The van der Waals surface area contributed by atoms with Crippen LogP contribution in [0.25, 0.3) is 110 Å². The second-order valence-electron chi connectivity index (χ2n) is 17.6. The van der Waals surface area contributed by atoms with Gasteiger partial charge in [0.15, 0.2) is 11.2 Å². The van der Waals surface area contributed by atoms with Gasteiger partial charge in [-0.3, -0.25) is 0 Å². The van der Waals surface area contributed by atoms with Crippen LogP contribution in [0.5, 0.6) is 0 Å². The number of para-hydroxylation sites is 2. The molecule has 0 radical (unpaired) electrons. The molecule has 0 spiro atoms. The van der Waals surface area contributed by atoms with Crippen molar-refractivity contribution in [2.24, 2.45) is 0 Å². The molecule has 12 rings (SSSR count). The molecule has 0 aliphatic rings. The van der Waals surface area contributed by atoms with Gasteiger partial charge >= 0.3 is 0 Å². The van der Waals surface area contributed by atoms with Crippen molar-refractivity contribution in [3.8, 4) is 23.5 Å². The first-order valence-electron chi connectivity index (χ1n) is 21.2. The highest BCUT2D eigenvalue weighted by atomic mass is 16.4. The Morgan fingerprint density at radius 3 is 1.37 bits per heavy atom. The molecule has 0 saturated heterocycles. The van der Waals surface area contributed by atoms with Gasteiger partial charge in [0, 0.05) is 32.3 Å². The third kappa shape index (κ3) is 5.22. The van der Waals surface area contributed by atoms with Gasteiger partial charge in [-0.05, 0) is 88.0 Å². The topological polar surface area (TPSA) is 83.7 Å². The van der Waals surface area contributed by atoms with Crippen molar-refractivity contribution in [1.82, 2.24) is 9.13 Å². The number of fused-ring (bicyclic) bond motifs is 14. The Morgan fingerprint density at radius 2 is 0.873 bits per heavy atom. The Bertz CT molecular complexity index is 4060. The number of nitrogens with zero attached hydrogens (tertiary/aromatic N) is 4. The van der Waals surface area contributed by atoms with E-state index in [0.29, 0.717) is 22.5 Å². The molecular weight excluding hydrogens is 773 g/mol. The number of rotatable bonds is 2. The van der Waals surface area contributed by atoms with E-state index in [1.54, 1.807) is 0 Å². The monoisotopic (exact) mass is 810 g/mol. The number of hydrogen-bond donors (Lipinski definition) is 0. The summed E-state index contributed by atoms with van der Waals surface area (Å²) in [7, 11) is 0. The van der Waals surface area contributed by atoms with Crippen LogP contribution in [0.2, 0.25) is 0 Å². The van der Waals surface area contributed by atoms with Crippen molar-refractivity contribution in [2.75, 3.05) is 0 Å². The first-order chi connectivity index (χ1) is 30.7. The third-order valence-electron chi connectivity index (χ3n) is 12.9. The standard InChI is InChI=1S/C57H38N4O2/c1-33-21-25-47-41(29-33)42-30-36(57(2,3)4)24-26-48(42)61(47)54-44(32-59)56-55(43(31-58)53(54)60-45-19-11-9-17-39(45)40-18-10-12-20-46(40)60)62-49-27-22-34-13-5-7-15-37(34)51(49)52-38-16-8-6-14-35(38)23-28-50(52)63-56/h5-30H,1-4H3. The Hall–Kier alpha value is -8.32. The van der Waals surface area contributed by atoms with E-state index in [2.05, 4.69) is 134 Å². The minimum absolute atomic E-state index is 0.112. The van der Waals surface area contributed by atoms with Crippen molar-refractivity contribution in [3.63, 3.8) is 0 Å². The van der Waals surface area contributed by atoms with Crippen molar-refractivity contribution in [2.45, 2.75) is 33.1 Å². The van der Waals surface area contributed by atoms with Crippen LogP contribution >= 0.6 is 0 Å². The molecule has 6 nitrogen and oxygen atoms in total. The van der Waals surface area contributed by atoms with Gasteiger partial charge in [-0.2, -0.15) is 10.5 Å². The van der Waals surface area contributed by atoms with Gasteiger partial charge in [0.25, 0.3) is 0 Å². The van der Waals surface area contributed by atoms with Crippen molar-refractivity contribution in [1.29, 1.82) is 10.5 Å². The van der Waals surface area contributed by atoms with Gasteiger partial charge in [-0.15, -0.1) is 0 Å². The molecule has 0 atom stereocenters. The first-order valence-corrected chi connectivity index (χ1v) is 21.2. The largest absolute Gasteiger partial charge is 0.451 e. The van der Waals surface area contributed by atoms with Gasteiger partial charge in [-0.1, -0.05) is 136 Å². The SMILES string of the molecule is Cc1ccc2c(c1)c1cc(C(C)(C)C)ccc1n2-c1c(-n2c3ccccc3c3ccccc32)c(C#N)c2oc3ccc4ccccc4c3c3c(ccc4ccccc43)oc2c1C#N. The fourth-order valence-corrected chi connectivity index (χ4v) is 9.93. The second kappa shape index (κ2) is 13.3. The van der Waals surface area contributed by atoms with Gasteiger partial charge < -0.3 is 18.0 Å². The van der Waals surface area contributed by atoms with Gasteiger partial charge in [0.1, 0.15) is 34.4 Å². The molecule has 0 saturated carbocycles. The number of benzene rings is 9. The molecule has 0 bridgehead atoms. The van der Waals surface area contributed by atoms with Crippen LogP contribution in [0.1, 0.15) is 43.0 Å². The van der Waals surface area contributed by atoms with E-state index in [0.717, 1.165) is 81.5 Å². The molecule has 0 fully saturated rings. The quantitative estimate of drug-likeness (QED) is 0.174. The average molecular weight is 811 g/mol. The summed E-state index contributed by atoms with van der Waals surface area (Å²) in [5.74, 6) is 0. The van der Waals surface area contributed by atoms with Crippen LogP contribution in [0, 0.1) is 29.6 Å². The van der Waals surface area contributed by atoms with E-state index in [1.165, 1.54) is 5.56 Å². The Balaban J connectivity index is 1.40. The summed E-state index contributed by atoms with van der Waals surface area (Å²) >= 11 is 0. The minimum atomic E-state index is -0.112. The molecule has 0 amide bonds. The lowest BCUT2D eigenvalue weighted by Crippen LogP contribution is -2.11. The highest BCUT2D eigenvalue weighted by molar-refractivity contribution is 6.25. The van der Waals surface area contributed by atoms with Crippen molar-refractivity contribution >= 4 is 98.3 Å². The molecule has 0 unspecified atom stereocenters. The number of aryl methyl sites for hydroxylation is 1. The van der Waals surface area contributed by atoms with Gasteiger partial charge in [0.05, 0.1) is 33.4 Å². The fraction of sp³-hybridized carbons (Fsp3) is 0.0877. The number of nitriles is 2. The highest BCUT2D eigenvalue weighted by Gasteiger charge is 2.31. The van der Waals surface area contributed by atoms with Gasteiger partial charge in [0.2, 0.25) is 0 Å².